The van der Waals surface area contributed by atoms with E-state index >= 15 is 0 Å². The third kappa shape index (κ3) is 3.35. The van der Waals surface area contributed by atoms with Crippen LogP contribution in [-0.4, -0.2) is 4.92 Å². The Morgan fingerprint density at radius 3 is 1.61 bits per heavy atom. The van der Waals surface area contributed by atoms with E-state index in [9.17, 15) is 10.1 Å². The average molecular weight is 366 g/mol. The van der Waals surface area contributed by atoms with Gasteiger partial charge in [0.1, 0.15) is 0 Å². The third-order valence-electron chi connectivity index (χ3n) is 4.56. The first kappa shape index (κ1) is 17.5. The molecular formula is C24H18N2O2. The van der Waals surface area contributed by atoms with Gasteiger partial charge in [0.05, 0.1) is 16.2 Å². The minimum atomic E-state index is -0.332. The standard InChI is InChI=1S/C24H18N2O2/c27-26(28)24-18-10-8-16-22(24)21-15-7-9-17-23(21)25(19-11-3-1-4-12-19)20-13-5-2-6-14-20/h1-18H. The normalized spacial score (nSPS) is 10.4. The summed E-state index contributed by atoms with van der Waals surface area (Å²) in [4.78, 5) is 13.4. The van der Waals surface area contributed by atoms with Gasteiger partial charge in [0.25, 0.3) is 5.69 Å². The molecule has 0 bridgehead atoms. The molecule has 0 aliphatic carbocycles. The van der Waals surface area contributed by atoms with Crippen LogP contribution in [0.25, 0.3) is 11.1 Å². The number of hydrogen-bond acceptors (Lipinski definition) is 3. The van der Waals surface area contributed by atoms with Gasteiger partial charge < -0.3 is 4.90 Å². The van der Waals surface area contributed by atoms with Crippen LogP contribution in [0.1, 0.15) is 0 Å². The van der Waals surface area contributed by atoms with Crippen LogP contribution in [-0.2, 0) is 0 Å². The van der Waals surface area contributed by atoms with Crippen molar-refractivity contribution in [2.24, 2.45) is 0 Å². The molecule has 0 radical (unpaired) electrons. The number of benzene rings is 4. The van der Waals surface area contributed by atoms with Crippen LogP contribution in [0.5, 0.6) is 0 Å². The Morgan fingerprint density at radius 2 is 1.04 bits per heavy atom. The molecule has 0 saturated heterocycles. The Bertz CT molecular complexity index is 1060. The molecule has 28 heavy (non-hydrogen) atoms. The molecule has 0 amide bonds. The van der Waals surface area contributed by atoms with Gasteiger partial charge in [-0.1, -0.05) is 66.7 Å². The zero-order valence-electron chi connectivity index (χ0n) is 15.1. The highest BCUT2D eigenvalue weighted by atomic mass is 16.6. The fraction of sp³-hybridized carbons (Fsp3) is 0. The van der Waals surface area contributed by atoms with Gasteiger partial charge in [-0.15, -0.1) is 0 Å². The van der Waals surface area contributed by atoms with E-state index in [2.05, 4.69) is 4.90 Å². The topological polar surface area (TPSA) is 46.4 Å². The molecular weight excluding hydrogens is 348 g/mol. The average Bonchev–Trinajstić information content (AvgIpc) is 2.76. The highest BCUT2D eigenvalue weighted by molar-refractivity contribution is 5.90. The van der Waals surface area contributed by atoms with Gasteiger partial charge in [-0.2, -0.15) is 0 Å². The summed E-state index contributed by atoms with van der Waals surface area (Å²) in [6.07, 6.45) is 0. The first-order valence-electron chi connectivity index (χ1n) is 8.99. The zero-order valence-corrected chi connectivity index (χ0v) is 15.1. The van der Waals surface area contributed by atoms with Crippen molar-refractivity contribution in [2.45, 2.75) is 0 Å². The van der Waals surface area contributed by atoms with Crippen LogP contribution in [0.4, 0.5) is 22.7 Å². The van der Waals surface area contributed by atoms with Crippen molar-refractivity contribution in [1.82, 2.24) is 0 Å². The molecule has 4 heteroatoms. The number of nitro groups is 1. The molecule has 0 atom stereocenters. The molecule has 0 saturated carbocycles. The Morgan fingerprint density at radius 1 is 0.571 bits per heavy atom. The second-order valence-electron chi connectivity index (χ2n) is 6.30. The van der Waals surface area contributed by atoms with Gasteiger partial charge in [0.15, 0.2) is 0 Å². The van der Waals surface area contributed by atoms with Crippen LogP contribution in [0.2, 0.25) is 0 Å². The summed E-state index contributed by atoms with van der Waals surface area (Å²) < 4.78 is 0. The molecule has 4 aromatic rings. The Balaban J connectivity index is 1.97. The summed E-state index contributed by atoms with van der Waals surface area (Å²) >= 11 is 0. The molecule has 0 spiro atoms. The van der Waals surface area contributed by atoms with Crippen molar-refractivity contribution >= 4 is 22.7 Å². The van der Waals surface area contributed by atoms with Gasteiger partial charge in [-0.3, -0.25) is 10.1 Å². The van der Waals surface area contributed by atoms with Crippen molar-refractivity contribution in [1.29, 1.82) is 0 Å². The molecule has 0 N–H and O–H groups in total. The van der Waals surface area contributed by atoms with E-state index in [-0.39, 0.29) is 10.6 Å². The number of rotatable bonds is 5. The van der Waals surface area contributed by atoms with Crippen molar-refractivity contribution in [3.8, 4) is 11.1 Å². The van der Waals surface area contributed by atoms with Crippen molar-refractivity contribution in [2.75, 3.05) is 4.90 Å². The van der Waals surface area contributed by atoms with E-state index in [0.717, 1.165) is 22.6 Å². The number of para-hydroxylation sites is 4. The lowest BCUT2D eigenvalue weighted by Crippen LogP contribution is -2.11. The third-order valence-corrected chi connectivity index (χ3v) is 4.56. The van der Waals surface area contributed by atoms with E-state index in [0.29, 0.717) is 5.56 Å². The maximum atomic E-state index is 11.6. The lowest BCUT2D eigenvalue weighted by molar-refractivity contribution is -0.384. The minimum Gasteiger partial charge on any atom is -0.310 e. The van der Waals surface area contributed by atoms with Crippen LogP contribution in [0.3, 0.4) is 0 Å². The van der Waals surface area contributed by atoms with Gasteiger partial charge in [0, 0.05) is 23.0 Å². The van der Waals surface area contributed by atoms with Crippen LogP contribution >= 0.6 is 0 Å². The summed E-state index contributed by atoms with van der Waals surface area (Å²) in [5.74, 6) is 0. The maximum Gasteiger partial charge on any atom is 0.277 e. The minimum absolute atomic E-state index is 0.0935. The van der Waals surface area contributed by atoms with Crippen molar-refractivity contribution in [3.05, 3.63) is 119 Å². The van der Waals surface area contributed by atoms with Gasteiger partial charge >= 0.3 is 0 Å². The summed E-state index contributed by atoms with van der Waals surface area (Å²) in [5.41, 5.74) is 4.35. The lowest BCUT2D eigenvalue weighted by atomic mass is 10.00. The smallest absolute Gasteiger partial charge is 0.277 e. The summed E-state index contributed by atoms with van der Waals surface area (Å²) in [5, 5.41) is 11.6. The molecule has 0 unspecified atom stereocenters. The van der Waals surface area contributed by atoms with E-state index < -0.39 is 0 Å². The molecule has 4 nitrogen and oxygen atoms in total. The quantitative estimate of drug-likeness (QED) is 0.290. The molecule has 4 aromatic carbocycles. The van der Waals surface area contributed by atoms with E-state index in [1.165, 1.54) is 0 Å². The molecule has 0 fully saturated rings. The molecule has 0 heterocycles. The second-order valence-corrected chi connectivity index (χ2v) is 6.30. The van der Waals surface area contributed by atoms with Crippen LogP contribution in [0, 0.1) is 10.1 Å². The lowest BCUT2D eigenvalue weighted by Gasteiger charge is -2.27. The van der Waals surface area contributed by atoms with E-state index in [1.807, 2.05) is 91.0 Å². The summed E-state index contributed by atoms with van der Waals surface area (Å²) in [7, 11) is 0. The molecule has 0 aromatic heterocycles. The summed E-state index contributed by atoms with van der Waals surface area (Å²) in [6.45, 7) is 0. The first-order chi connectivity index (χ1) is 13.8. The highest BCUT2D eigenvalue weighted by Gasteiger charge is 2.21. The van der Waals surface area contributed by atoms with Crippen LogP contribution < -0.4 is 4.90 Å². The van der Waals surface area contributed by atoms with Gasteiger partial charge in [0.2, 0.25) is 0 Å². The van der Waals surface area contributed by atoms with E-state index in [4.69, 9.17) is 0 Å². The second kappa shape index (κ2) is 7.76. The zero-order chi connectivity index (χ0) is 19.3. The predicted molar refractivity (Wildman–Crippen MR) is 113 cm³/mol. The molecule has 0 aliphatic rings. The van der Waals surface area contributed by atoms with E-state index in [1.54, 1.807) is 18.2 Å². The number of hydrogen-bond donors (Lipinski definition) is 0. The molecule has 0 aliphatic heterocycles. The Hall–Kier alpha value is -3.92. The number of nitro benzene ring substituents is 1. The fourth-order valence-corrected chi connectivity index (χ4v) is 3.34. The molecule has 136 valence electrons. The fourth-order valence-electron chi connectivity index (χ4n) is 3.34. The van der Waals surface area contributed by atoms with Crippen molar-refractivity contribution < 1.29 is 4.92 Å². The monoisotopic (exact) mass is 366 g/mol. The van der Waals surface area contributed by atoms with Gasteiger partial charge in [-0.05, 0) is 36.4 Å². The largest absolute Gasteiger partial charge is 0.310 e. The highest BCUT2D eigenvalue weighted by Crippen LogP contribution is 2.42. The summed E-state index contributed by atoms with van der Waals surface area (Å²) in [6, 6.07) is 34.6. The Kier molecular flexibility index (Phi) is 4.85. The number of nitrogens with zero attached hydrogens (tertiary/aromatic N) is 2. The predicted octanol–water partition coefficient (Wildman–Crippen LogP) is 6.73. The van der Waals surface area contributed by atoms with Crippen molar-refractivity contribution in [3.63, 3.8) is 0 Å². The Labute approximate surface area is 163 Å². The maximum absolute atomic E-state index is 11.6. The first-order valence-corrected chi connectivity index (χ1v) is 8.99. The SMILES string of the molecule is O=[N+]([O-])c1ccccc1-c1ccccc1N(c1ccccc1)c1ccccc1. The van der Waals surface area contributed by atoms with Crippen LogP contribution in [0.15, 0.2) is 109 Å². The number of anilines is 3. The molecule has 4 rings (SSSR count). The van der Waals surface area contributed by atoms with Gasteiger partial charge in [-0.25, -0.2) is 0 Å².